The van der Waals surface area contributed by atoms with Crippen molar-refractivity contribution in [2.75, 3.05) is 11.4 Å². The average Bonchev–Trinajstić information content (AvgIpc) is 2.97. The van der Waals surface area contributed by atoms with Gasteiger partial charge in [-0.3, -0.25) is 25.5 Å². The van der Waals surface area contributed by atoms with E-state index < -0.39 is 17.6 Å². The summed E-state index contributed by atoms with van der Waals surface area (Å²) < 4.78 is 5.53. The van der Waals surface area contributed by atoms with Gasteiger partial charge in [0.2, 0.25) is 0 Å². The van der Waals surface area contributed by atoms with Crippen LogP contribution < -0.4 is 10.4 Å². The predicted octanol–water partition coefficient (Wildman–Crippen LogP) is 5.09. The highest BCUT2D eigenvalue weighted by Gasteiger charge is 2.35. The van der Waals surface area contributed by atoms with Gasteiger partial charge in [-0.05, 0) is 52.7 Å². The van der Waals surface area contributed by atoms with Gasteiger partial charge in [-0.2, -0.15) is 0 Å². The van der Waals surface area contributed by atoms with Crippen LogP contribution in [0.3, 0.4) is 0 Å². The van der Waals surface area contributed by atoms with Crippen LogP contribution in [0.1, 0.15) is 61.2 Å². The van der Waals surface area contributed by atoms with Gasteiger partial charge in [0.1, 0.15) is 28.3 Å². The van der Waals surface area contributed by atoms with Crippen LogP contribution in [0, 0.1) is 24.7 Å². The zero-order chi connectivity index (χ0) is 25.9. The number of fused-ring (bicyclic) bond motifs is 1. The van der Waals surface area contributed by atoms with Gasteiger partial charge in [-0.1, -0.05) is 36.4 Å². The van der Waals surface area contributed by atoms with Crippen LogP contribution in [0.15, 0.2) is 35.3 Å². The fourth-order valence-corrected chi connectivity index (χ4v) is 5.04. The summed E-state index contributed by atoms with van der Waals surface area (Å²) in [5.74, 6) is -0.160. The number of carbonyl (C=O) groups is 1. The minimum atomic E-state index is -0.797. The molecule has 186 valence electrons. The number of hydrogen-bond acceptors (Lipinski definition) is 8. The first-order chi connectivity index (χ1) is 16.4. The van der Waals surface area contributed by atoms with Crippen molar-refractivity contribution in [2.24, 2.45) is 4.99 Å². The van der Waals surface area contributed by atoms with Crippen molar-refractivity contribution >= 4 is 45.8 Å². The first-order valence-electron chi connectivity index (χ1n) is 11.4. The number of ether oxygens (including phenoxy) is 1. The number of rotatable bonds is 6. The second kappa shape index (κ2) is 10.6. The summed E-state index contributed by atoms with van der Waals surface area (Å²) >= 11 is 1.52. The lowest BCUT2D eigenvalue weighted by molar-refractivity contribution is -0.154. The Kier molecular flexibility index (Phi) is 8.04. The molecule has 1 aliphatic heterocycles. The van der Waals surface area contributed by atoms with Crippen LogP contribution >= 0.6 is 11.3 Å². The van der Waals surface area contributed by atoms with Crippen molar-refractivity contribution in [1.82, 2.24) is 5.48 Å². The van der Waals surface area contributed by atoms with Gasteiger partial charge in [-0.25, -0.2) is 5.48 Å². The van der Waals surface area contributed by atoms with Crippen LogP contribution in [0.4, 0.5) is 5.00 Å². The molecule has 0 aliphatic carbocycles. The van der Waals surface area contributed by atoms with Gasteiger partial charge in [0.25, 0.3) is 0 Å². The van der Waals surface area contributed by atoms with E-state index in [1.165, 1.54) is 11.3 Å². The number of thiophene rings is 1. The van der Waals surface area contributed by atoms with Gasteiger partial charge in [0, 0.05) is 22.5 Å². The summed E-state index contributed by atoms with van der Waals surface area (Å²) in [6, 6.07) is 7.04. The molecule has 0 amide bonds. The Morgan fingerprint density at radius 2 is 1.94 bits per heavy atom. The van der Waals surface area contributed by atoms with Crippen molar-refractivity contribution in [3.05, 3.63) is 57.5 Å². The molecule has 1 aromatic carbocycles. The van der Waals surface area contributed by atoms with Crippen LogP contribution in [0.2, 0.25) is 0 Å². The van der Waals surface area contributed by atoms with E-state index in [0.29, 0.717) is 12.3 Å². The lowest BCUT2D eigenvalue weighted by atomic mass is 9.98. The van der Waals surface area contributed by atoms with Crippen LogP contribution in [-0.2, 0) is 9.53 Å². The van der Waals surface area contributed by atoms with E-state index >= 15 is 0 Å². The van der Waals surface area contributed by atoms with E-state index in [1.54, 1.807) is 11.8 Å². The fourth-order valence-electron chi connectivity index (χ4n) is 3.82. The molecule has 8 nitrogen and oxygen atoms in total. The van der Waals surface area contributed by atoms with Gasteiger partial charge < -0.3 is 9.94 Å². The van der Waals surface area contributed by atoms with Crippen LogP contribution in [0.25, 0.3) is 6.08 Å². The molecule has 2 heterocycles. The van der Waals surface area contributed by atoms with Crippen LogP contribution in [0.5, 0.6) is 0 Å². The number of hydroxylamine groups is 1. The highest BCUT2D eigenvalue weighted by atomic mass is 32.1. The quantitative estimate of drug-likeness (QED) is 0.192. The molecule has 1 atom stereocenters. The number of nitrogens with zero attached hydrogens (tertiary/aromatic N) is 2. The lowest BCUT2D eigenvalue weighted by Gasteiger charge is -2.25. The number of nitrogens with one attached hydrogen (secondary N) is 3. The molecule has 2 aromatic rings. The number of benzene rings is 1. The molecular weight excluding hydrogens is 462 g/mol. The van der Waals surface area contributed by atoms with Crippen molar-refractivity contribution < 1.29 is 14.7 Å². The number of esters is 1. The molecule has 0 radical (unpaired) electrons. The molecule has 0 fully saturated rings. The highest BCUT2D eigenvalue weighted by Crippen LogP contribution is 2.40. The molecule has 0 bridgehead atoms. The maximum Gasteiger partial charge on any atom is 0.308 e. The van der Waals surface area contributed by atoms with Crippen LogP contribution in [-0.4, -0.2) is 46.7 Å². The van der Waals surface area contributed by atoms with E-state index in [2.05, 4.69) is 5.48 Å². The molecule has 0 unspecified atom stereocenters. The van der Waals surface area contributed by atoms with Gasteiger partial charge in [-0.15, -0.1) is 11.3 Å². The summed E-state index contributed by atoms with van der Waals surface area (Å²) in [6.07, 6.45) is 3.62. The zero-order valence-electron chi connectivity index (χ0n) is 21.0. The summed E-state index contributed by atoms with van der Waals surface area (Å²) in [5.41, 5.74) is 5.88. The smallest absolute Gasteiger partial charge is 0.308 e. The first-order valence-corrected chi connectivity index (χ1v) is 12.2. The molecule has 4 N–H and O–H groups in total. The predicted molar refractivity (Wildman–Crippen MR) is 143 cm³/mol. The largest absolute Gasteiger partial charge is 0.460 e. The Labute approximate surface area is 210 Å². The van der Waals surface area contributed by atoms with E-state index in [1.807, 2.05) is 71.0 Å². The number of amidine groups is 2. The van der Waals surface area contributed by atoms with Crippen molar-refractivity contribution in [3.8, 4) is 0 Å². The third kappa shape index (κ3) is 6.11. The van der Waals surface area contributed by atoms with E-state index in [0.717, 1.165) is 32.1 Å². The molecule has 0 saturated carbocycles. The van der Waals surface area contributed by atoms with E-state index in [4.69, 9.17) is 25.8 Å². The Bertz CT molecular complexity index is 1190. The second-order valence-corrected chi connectivity index (χ2v) is 10.6. The summed E-state index contributed by atoms with van der Waals surface area (Å²) in [4.78, 5) is 20.3. The first kappa shape index (κ1) is 26.5. The molecule has 1 aromatic heterocycles. The Hall–Kier alpha value is -3.14. The van der Waals surface area contributed by atoms with Crippen molar-refractivity contribution in [1.29, 1.82) is 10.8 Å². The fraction of sp³-hybridized carbons (Fsp3) is 0.385. The zero-order valence-corrected chi connectivity index (χ0v) is 21.8. The van der Waals surface area contributed by atoms with E-state index in [9.17, 15) is 4.79 Å². The third-order valence-electron chi connectivity index (χ3n) is 5.47. The molecule has 1 aliphatic rings. The second-order valence-electron chi connectivity index (χ2n) is 9.44. The minimum Gasteiger partial charge on any atom is -0.460 e. The number of anilines is 1. The Balaban J connectivity index is 2.13. The Morgan fingerprint density at radius 3 is 2.51 bits per heavy atom. The summed E-state index contributed by atoms with van der Waals surface area (Å²) in [5, 5.41) is 26.9. The summed E-state index contributed by atoms with van der Waals surface area (Å²) in [7, 11) is 0. The summed E-state index contributed by atoms with van der Waals surface area (Å²) in [6.45, 7) is 11.5. The monoisotopic (exact) mass is 495 g/mol. The molecule has 0 saturated heterocycles. The normalized spacial score (nSPS) is 16.2. The standard InChI is InChI=1S/C26H33N5O3S/c1-15-16(2)35-25-22(15)23(19-11-9-18(10-12-19)8-7-13-29-33)30-20(24(28)31(25)17(3)27)14-21(32)34-26(4,5)6/h7-12,20,27-29,33H,13-14H2,1-6H3/b8-7+,27-17?,28-24?/t20-/m0/s1. The average molecular weight is 496 g/mol. The molecule has 35 heavy (non-hydrogen) atoms. The molecule has 3 rings (SSSR count). The molecule has 9 heteroatoms. The van der Waals surface area contributed by atoms with E-state index in [-0.39, 0.29) is 18.1 Å². The van der Waals surface area contributed by atoms with Gasteiger partial charge in [0.05, 0.1) is 12.1 Å². The number of aryl methyl sites for hydroxylation is 1. The van der Waals surface area contributed by atoms with Gasteiger partial charge >= 0.3 is 5.97 Å². The molecular formula is C26H33N5O3S. The minimum absolute atomic E-state index is 0.0805. The van der Waals surface area contributed by atoms with Gasteiger partial charge in [0.15, 0.2) is 0 Å². The van der Waals surface area contributed by atoms with Crippen molar-refractivity contribution in [2.45, 2.75) is 59.6 Å². The number of carbonyl (C=O) groups excluding carboxylic acids is 1. The number of aliphatic imine (C=N–C) groups is 1. The third-order valence-corrected chi connectivity index (χ3v) is 6.66. The topological polar surface area (TPSA) is 122 Å². The SMILES string of the molecule is CC(=N)N1C(=N)[C@H](CC(=O)OC(C)(C)C)N=C(c2ccc(/C=C/CNO)cc2)c2c1sc(C)c2C. The number of hydrogen-bond donors (Lipinski definition) is 4. The Morgan fingerprint density at radius 1 is 1.29 bits per heavy atom. The maximum atomic E-state index is 12.7. The van der Waals surface area contributed by atoms with Crippen molar-refractivity contribution in [3.63, 3.8) is 0 Å². The molecule has 0 spiro atoms. The highest BCUT2D eigenvalue weighted by molar-refractivity contribution is 7.17. The lowest BCUT2D eigenvalue weighted by Crippen LogP contribution is -2.41. The maximum absolute atomic E-state index is 12.7.